The lowest BCUT2D eigenvalue weighted by atomic mass is 9.96. The minimum Gasteiger partial charge on any atom is -0.394 e. The molecule has 17 atom stereocenters. The molecule has 3 saturated heterocycles. The lowest BCUT2D eigenvalue weighted by Gasteiger charge is -2.48. The number of hydrogen-bond donors (Lipinski definition) is 12. The van der Waals surface area contributed by atoms with Gasteiger partial charge in [0, 0.05) is 6.42 Å². The number of aliphatic hydroxyl groups excluding tert-OH is 11. The molecule has 3 rings (SSSR count). The minimum atomic E-state index is -1.97. The number of carbonyl (C=O) groups excluding carboxylic acids is 1. The van der Waals surface area contributed by atoms with Gasteiger partial charge in [-0.1, -0.05) is 206 Å². The van der Waals surface area contributed by atoms with Crippen LogP contribution in [0.15, 0.2) is 0 Å². The number of carbonyl (C=O) groups is 1. The number of rotatable bonds is 45. The van der Waals surface area contributed by atoms with Crippen molar-refractivity contribution in [3.05, 3.63) is 0 Å². The first kappa shape index (κ1) is 69.1. The zero-order chi connectivity index (χ0) is 55.5. The summed E-state index contributed by atoms with van der Waals surface area (Å²) >= 11 is 0. The fraction of sp³-hybridized carbons (Fsp3) is 0.982. The van der Waals surface area contributed by atoms with Crippen molar-refractivity contribution in [2.24, 2.45) is 0 Å². The van der Waals surface area contributed by atoms with Gasteiger partial charge in [-0.25, -0.2) is 0 Å². The predicted octanol–water partition coefficient (Wildman–Crippen LogP) is 5.21. The molecule has 1 amide bonds. The van der Waals surface area contributed by atoms with Gasteiger partial charge in [-0.3, -0.25) is 4.79 Å². The Bertz CT molecular complexity index is 1400. The Hall–Kier alpha value is -1.21. The molecule has 0 spiro atoms. The van der Waals surface area contributed by atoms with Gasteiger partial charge >= 0.3 is 0 Å². The van der Waals surface area contributed by atoms with Crippen molar-refractivity contribution in [2.45, 2.75) is 330 Å². The highest BCUT2D eigenvalue weighted by atomic mass is 16.8. The molecule has 0 saturated carbocycles. The molecule has 0 radical (unpaired) electrons. The van der Waals surface area contributed by atoms with Gasteiger partial charge in [-0.2, -0.15) is 0 Å². The Balaban J connectivity index is 1.48. The maximum Gasteiger partial charge on any atom is 0.220 e. The molecule has 3 heterocycles. The van der Waals surface area contributed by atoms with Gasteiger partial charge in [0.15, 0.2) is 18.9 Å². The molecule has 12 N–H and O–H groups in total. The lowest BCUT2D eigenvalue weighted by molar-refractivity contribution is -0.379. The van der Waals surface area contributed by atoms with Crippen LogP contribution in [-0.4, -0.2) is 193 Å². The summed E-state index contributed by atoms with van der Waals surface area (Å²) in [5, 5.41) is 120. The molecule has 19 nitrogen and oxygen atoms in total. The smallest absolute Gasteiger partial charge is 0.220 e. The standard InChI is InChI=1S/C57H109NO18/c1-3-5-7-9-11-13-15-17-18-19-20-21-22-23-24-26-28-30-32-34-41(62)40(58-45(63)35-33-31-29-27-25-16-14-12-10-8-6-4-2)39-71-55-51(69)48(66)53(43(37-60)73-55)76-57-52(70)49(67)54(44(38-61)74-57)75-56-50(68)47(65)46(64)42(36-59)72-56/h40-44,46-57,59-62,64-70H,3-39H2,1-2H3,(H,58,63). The van der Waals surface area contributed by atoms with Crippen LogP contribution in [0.3, 0.4) is 0 Å². The van der Waals surface area contributed by atoms with E-state index in [2.05, 4.69) is 19.2 Å². The van der Waals surface area contributed by atoms with Gasteiger partial charge in [-0.05, 0) is 12.8 Å². The summed E-state index contributed by atoms with van der Waals surface area (Å²) < 4.78 is 34.3. The highest BCUT2D eigenvalue weighted by molar-refractivity contribution is 5.76. The Morgan fingerprint density at radius 3 is 1.14 bits per heavy atom. The van der Waals surface area contributed by atoms with Crippen molar-refractivity contribution in [2.75, 3.05) is 26.4 Å². The van der Waals surface area contributed by atoms with E-state index in [0.29, 0.717) is 12.8 Å². The van der Waals surface area contributed by atoms with Gasteiger partial charge in [0.2, 0.25) is 5.91 Å². The quantitative estimate of drug-likeness (QED) is 0.0348. The normalized spacial score (nSPS) is 30.9. The maximum absolute atomic E-state index is 13.3. The summed E-state index contributed by atoms with van der Waals surface area (Å²) in [5.74, 6) is -0.241. The van der Waals surface area contributed by atoms with E-state index in [1.165, 1.54) is 148 Å². The van der Waals surface area contributed by atoms with Crippen LogP contribution in [0.1, 0.15) is 226 Å². The molecule has 0 aliphatic carbocycles. The van der Waals surface area contributed by atoms with Gasteiger partial charge in [0.1, 0.15) is 73.2 Å². The van der Waals surface area contributed by atoms with Crippen LogP contribution < -0.4 is 5.32 Å². The number of aliphatic hydroxyl groups is 11. The first-order valence-corrected chi connectivity index (χ1v) is 30.3. The lowest BCUT2D eigenvalue weighted by Crippen LogP contribution is -2.66. The zero-order valence-electron chi connectivity index (χ0n) is 46.8. The van der Waals surface area contributed by atoms with Gasteiger partial charge in [0.05, 0.1) is 38.6 Å². The second-order valence-electron chi connectivity index (χ2n) is 22.2. The number of hydrogen-bond acceptors (Lipinski definition) is 18. The molecule has 3 aliphatic heterocycles. The van der Waals surface area contributed by atoms with Crippen molar-refractivity contribution in [1.82, 2.24) is 5.32 Å². The molecule has 76 heavy (non-hydrogen) atoms. The molecule has 3 aliphatic rings. The van der Waals surface area contributed by atoms with E-state index in [-0.39, 0.29) is 18.9 Å². The van der Waals surface area contributed by atoms with Crippen LogP contribution in [-0.2, 0) is 33.2 Å². The van der Waals surface area contributed by atoms with Gasteiger partial charge < -0.3 is 89.9 Å². The molecule has 17 unspecified atom stereocenters. The maximum atomic E-state index is 13.3. The molecule has 0 bridgehead atoms. The largest absolute Gasteiger partial charge is 0.394 e. The van der Waals surface area contributed by atoms with Crippen molar-refractivity contribution >= 4 is 5.91 Å². The summed E-state index contributed by atoms with van der Waals surface area (Å²) in [6.45, 7) is 1.80. The van der Waals surface area contributed by atoms with Crippen LogP contribution in [0.2, 0.25) is 0 Å². The number of nitrogens with one attached hydrogen (secondary N) is 1. The van der Waals surface area contributed by atoms with E-state index in [1.807, 2.05) is 0 Å². The summed E-state index contributed by atoms with van der Waals surface area (Å²) in [6.07, 6.45) is 11.9. The summed E-state index contributed by atoms with van der Waals surface area (Å²) in [4.78, 5) is 13.3. The Labute approximate surface area is 455 Å². The first-order valence-electron chi connectivity index (χ1n) is 30.3. The fourth-order valence-electron chi connectivity index (χ4n) is 10.7. The summed E-state index contributed by atoms with van der Waals surface area (Å²) in [5.41, 5.74) is 0. The van der Waals surface area contributed by atoms with E-state index < -0.39 is 124 Å². The van der Waals surface area contributed by atoms with E-state index in [1.54, 1.807) is 0 Å². The van der Waals surface area contributed by atoms with Crippen LogP contribution in [0.4, 0.5) is 0 Å². The number of unbranched alkanes of at least 4 members (excludes halogenated alkanes) is 29. The summed E-state index contributed by atoms with van der Waals surface area (Å²) in [7, 11) is 0. The molecule has 19 heteroatoms. The van der Waals surface area contributed by atoms with E-state index >= 15 is 0 Å². The highest BCUT2D eigenvalue weighted by Gasteiger charge is 2.53. The Morgan fingerprint density at radius 1 is 0.421 bits per heavy atom. The molecule has 0 aromatic heterocycles. The van der Waals surface area contributed by atoms with Crippen LogP contribution >= 0.6 is 0 Å². The Kier molecular flexibility index (Phi) is 37.9. The second-order valence-corrected chi connectivity index (χ2v) is 22.2. The predicted molar refractivity (Wildman–Crippen MR) is 287 cm³/mol. The van der Waals surface area contributed by atoms with Gasteiger partial charge in [-0.15, -0.1) is 0 Å². The zero-order valence-corrected chi connectivity index (χ0v) is 46.8. The molecular weight excluding hydrogens is 987 g/mol. The Morgan fingerprint density at radius 2 is 0.750 bits per heavy atom. The third-order valence-electron chi connectivity index (χ3n) is 15.7. The first-order chi connectivity index (χ1) is 36.8. The van der Waals surface area contributed by atoms with Crippen molar-refractivity contribution in [3.8, 4) is 0 Å². The minimum absolute atomic E-state index is 0.241. The van der Waals surface area contributed by atoms with E-state index in [4.69, 9.17) is 28.4 Å². The SMILES string of the molecule is CCCCCCCCCCCCCCCCCCCCCC(O)C(COC1OC(CO)C(OC2OC(CO)C(OC3OC(CO)C(O)C(O)C3O)C(O)C2O)C(O)C1O)NC(=O)CCCCCCCCCCCCCC. The molecule has 0 aromatic rings. The monoisotopic (exact) mass is 1100 g/mol. The average molecular weight is 1100 g/mol. The molecule has 450 valence electrons. The third-order valence-corrected chi connectivity index (χ3v) is 15.7. The molecule has 3 fully saturated rings. The van der Waals surface area contributed by atoms with Gasteiger partial charge in [0.25, 0.3) is 0 Å². The highest BCUT2D eigenvalue weighted by Crippen LogP contribution is 2.33. The molecular formula is C57H109NO18. The second kappa shape index (κ2) is 41.7. The van der Waals surface area contributed by atoms with Crippen LogP contribution in [0, 0.1) is 0 Å². The van der Waals surface area contributed by atoms with Crippen molar-refractivity contribution in [3.63, 3.8) is 0 Å². The van der Waals surface area contributed by atoms with Crippen LogP contribution in [0.25, 0.3) is 0 Å². The van der Waals surface area contributed by atoms with Crippen molar-refractivity contribution in [1.29, 1.82) is 0 Å². The van der Waals surface area contributed by atoms with E-state index in [9.17, 15) is 61.0 Å². The van der Waals surface area contributed by atoms with Crippen LogP contribution in [0.5, 0.6) is 0 Å². The fourth-order valence-corrected chi connectivity index (χ4v) is 10.7. The molecule has 0 aromatic carbocycles. The third kappa shape index (κ3) is 25.7. The van der Waals surface area contributed by atoms with Crippen molar-refractivity contribution < 1.29 is 89.4 Å². The summed E-state index contributed by atoms with van der Waals surface area (Å²) in [6, 6.07) is -0.879. The topological polar surface area (TPSA) is 307 Å². The number of amides is 1. The van der Waals surface area contributed by atoms with E-state index in [0.717, 1.165) is 44.9 Å². The average Bonchev–Trinajstić information content (AvgIpc) is 3.42. The number of ether oxygens (including phenoxy) is 6.